The summed E-state index contributed by atoms with van der Waals surface area (Å²) in [6.07, 6.45) is 4.10. The van der Waals surface area contributed by atoms with Gasteiger partial charge in [-0.1, -0.05) is 25.6 Å². The molecule has 0 aliphatic carbocycles. The van der Waals surface area contributed by atoms with E-state index < -0.39 is 0 Å². The Morgan fingerprint density at radius 2 is 2.35 bits per heavy atom. The molecule has 17 heavy (non-hydrogen) atoms. The zero-order valence-corrected chi connectivity index (χ0v) is 9.73. The van der Waals surface area contributed by atoms with Crippen molar-refractivity contribution >= 4 is 5.91 Å². The predicted octanol–water partition coefficient (Wildman–Crippen LogP) is 2.77. The predicted molar refractivity (Wildman–Crippen MR) is 67.2 cm³/mol. The summed E-state index contributed by atoms with van der Waals surface area (Å²) >= 11 is 0. The number of hydrogen-bond donors (Lipinski definition) is 1. The van der Waals surface area contributed by atoms with Crippen molar-refractivity contribution in [1.29, 1.82) is 5.26 Å². The Morgan fingerprint density at radius 1 is 1.59 bits per heavy atom. The van der Waals surface area contributed by atoms with E-state index in [-0.39, 0.29) is 5.91 Å². The molecule has 1 amide bonds. The number of benzene rings is 1. The molecule has 86 valence electrons. The second kappa shape index (κ2) is 6.29. The number of carbonyl (C=O) groups is 1. The number of hydrogen-bond acceptors (Lipinski definition) is 2. The Kier molecular flexibility index (Phi) is 4.71. The average Bonchev–Trinajstić information content (AvgIpc) is 2.38. The van der Waals surface area contributed by atoms with E-state index in [2.05, 4.69) is 11.9 Å². The van der Waals surface area contributed by atoms with Crippen LogP contribution in [0.15, 0.2) is 48.7 Å². The van der Waals surface area contributed by atoms with Crippen LogP contribution in [-0.4, -0.2) is 5.91 Å². The summed E-state index contributed by atoms with van der Waals surface area (Å²) in [5, 5.41) is 11.5. The van der Waals surface area contributed by atoms with E-state index in [0.29, 0.717) is 11.1 Å². The first-order valence-corrected chi connectivity index (χ1v) is 5.34. The quantitative estimate of drug-likeness (QED) is 0.802. The number of nitrogens with one attached hydrogen (secondary N) is 1. The standard InChI is InChI=1S/C14H14N2O/c1-3-6-13(4-2)16-14(17)12-8-5-7-11(9-12)10-15/h3,5-9H,1,4H2,2H3,(H,16,17)/b13-6+. The van der Waals surface area contributed by atoms with E-state index in [1.807, 2.05) is 13.0 Å². The molecule has 1 N–H and O–H groups in total. The van der Waals surface area contributed by atoms with Gasteiger partial charge in [0.2, 0.25) is 0 Å². The Morgan fingerprint density at radius 3 is 2.94 bits per heavy atom. The van der Waals surface area contributed by atoms with Gasteiger partial charge >= 0.3 is 0 Å². The Balaban J connectivity index is 2.86. The van der Waals surface area contributed by atoms with Crippen LogP contribution in [0.3, 0.4) is 0 Å². The number of rotatable bonds is 4. The van der Waals surface area contributed by atoms with Gasteiger partial charge in [0, 0.05) is 11.3 Å². The Labute approximate surface area is 101 Å². The van der Waals surface area contributed by atoms with Crippen molar-refractivity contribution < 1.29 is 4.79 Å². The maximum absolute atomic E-state index is 11.9. The number of nitrogens with zero attached hydrogens (tertiary/aromatic N) is 1. The summed E-state index contributed by atoms with van der Waals surface area (Å²) in [4.78, 5) is 11.9. The molecule has 0 spiro atoms. The maximum atomic E-state index is 11.9. The highest BCUT2D eigenvalue weighted by molar-refractivity contribution is 5.95. The molecule has 0 saturated carbocycles. The molecule has 3 nitrogen and oxygen atoms in total. The normalized spacial score (nSPS) is 10.5. The van der Waals surface area contributed by atoms with Gasteiger partial charge in [-0.25, -0.2) is 0 Å². The topological polar surface area (TPSA) is 52.9 Å². The van der Waals surface area contributed by atoms with Crippen LogP contribution < -0.4 is 5.32 Å². The van der Waals surface area contributed by atoms with Crippen LogP contribution in [0, 0.1) is 11.3 Å². The third kappa shape index (κ3) is 3.62. The molecule has 1 aromatic rings. The summed E-state index contributed by atoms with van der Waals surface area (Å²) in [6, 6.07) is 8.60. The molecule has 0 bridgehead atoms. The van der Waals surface area contributed by atoms with Crippen molar-refractivity contribution in [3.8, 4) is 6.07 Å². The molecular formula is C14H14N2O. The van der Waals surface area contributed by atoms with Gasteiger partial charge in [0.25, 0.3) is 5.91 Å². The molecule has 1 rings (SSSR count). The summed E-state index contributed by atoms with van der Waals surface area (Å²) in [7, 11) is 0. The minimum absolute atomic E-state index is 0.211. The Hall–Kier alpha value is -2.34. The van der Waals surface area contributed by atoms with E-state index in [4.69, 9.17) is 5.26 Å². The molecule has 0 aliphatic heterocycles. The van der Waals surface area contributed by atoms with E-state index in [9.17, 15) is 4.79 Å². The first kappa shape index (κ1) is 12.7. The second-order valence-electron chi connectivity index (χ2n) is 3.43. The number of nitriles is 1. The average molecular weight is 226 g/mol. The molecular weight excluding hydrogens is 212 g/mol. The van der Waals surface area contributed by atoms with Crippen LogP contribution in [0.5, 0.6) is 0 Å². The van der Waals surface area contributed by atoms with Crippen molar-refractivity contribution in [1.82, 2.24) is 5.32 Å². The van der Waals surface area contributed by atoms with Gasteiger partial charge < -0.3 is 5.32 Å². The lowest BCUT2D eigenvalue weighted by Crippen LogP contribution is -2.22. The van der Waals surface area contributed by atoms with Crippen molar-refractivity contribution in [3.05, 3.63) is 59.8 Å². The lowest BCUT2D eigenvalue weighted by Gasteiger charge is -2.07. The van der Waals surface area contributed by atoms with Crippen molar-refractivity contribution in [2.45, 2.75) is 13.3 Å². The van der Waals surface area contributed by atoms with Gasteiger partial charge in [-0.2, -0.15) is 5.26 Å². The van der Waals surface area contributed by atoms with E-state index in [1.54, 1.807) is 36.4 Å². The van der Waals surface area contributed by atoms with Gasteiger partial charge in [-0.15, -0.1) is 0 Å². The SMILES string of the molecule is C=C/C=C(\CC)NC(=O)c1cccc(C#N)c1. The van der Waals surface area contributed by atoms with E-state index in [0.717, 1.165) is 12.1 Å². The molecule has 0 aromatic heterocycles. The molecule has 0 saturated heterocycles. The van der Waals surface area contributed by atoms with Gasteiger partial charge in [-0.3, -0.25) is 4.79 Å². The molecule has 0 unspecified atom stereocenters. The van der Waals surface area contributed by atoms with Gasteiger partial charge in [-0.05, 0) is 30.7 Å². The van der Waals surface area contributed by atoms with Crippen LogP contribution in [0.25, 0.3) is 0 Å². The van der Waals surface area contributed by atoms with Crippen LogP contribution >= 0.6 is 0 Å². The van der Waals surface area contributed by atoms with Gasteiger partial charge in [0.05, 0.1) is 11.6 Å². The molecule has 0 heterocycles. The minimum atomic E-state index is -0.211. The first-order chi connectivity index (χ1) is 8.21. The van der Waals surface area contributed by atoms with Crippen LogP contribution in [0.2, 0.25) is 0 Å². The van der Waals surface area contributed by atoms with Crippen LogP contribution in [-0.2, 0) is 0 Å². The molecule has 0 aliphatic rings. The molecule has 0 fully saturated rings. The Bertz CT molecular complexity index is 495. The van der Waals surface area contributed by atoms with Crippen LogP contribution in [0.1, 0.15) is 29.3 Å². The van der Waals surface area contributed by atoms with Crippen molar-refractivity contribution in [3.63, 3.8) is 0 Å². The van der Waals surface area contributed by atoms with Crippen LogP contribution in [0.4, 0.5) is 0 Å². The summed E-state index contributed by atoms with van der Waals surface area (Å²) in [6.45, 7) is 5.53. The lowest BCUT2D eigenvalue weighted by atomic mass is 10.1. The van der Waals surface area contributed by atoms with Crippen molar-refractivity contribution in [2.75, 3.05) is 0 Å². The summed E-state index contributed by atoms with van der Waals surface area (Å²) < 4.78 is 0. The second-order valence-corrected chi connectivity index (χ2v) is 3.43. The summed E-state index contributed by atoms with van der Waals surface area (Å²) in [5.74, 6) is -0.211. The number of allylic oxidation sites excluding steroid dienone is 3. The highest BCUT2D eigenvalue weighted by Gasteiger charge is 2.06. The minimum Gasteiger partial charge on any atom is -0.326 e. The van der Waals surface area contributed by atoms with E-state index >= 15 is 0 Å². The van der Waals surface area contributed by atoms with E-state index in [1.165, 1.54) is 0 Å². The maximum Gasteiger partial charge on any atom is 0.255 e. The fourth-order valence-corrected chi connectivity index (χ4v) is 1.34. The van der Waals surface area contributed by atoms with Gasteiger partial charge in [0.1, 0.15) is 0 Å². The molecule has 0 atom stereocenters. The monoisotopic (exact) mass is 226 g/mol. The molecule has 1 aromatic carbocycles. The number of carbonyl (C=O) groups excluding carboxylic acids is 1. The molecule has 3 heteroatoms. The highest BCUT2D eigenvalue weighted by atomic mass is 16.1. The zero-order valence-electron chi connectivity index (χ0n) is 9.73. The summed E-state index contributed by atoms with van der Waals surface area (Å²) in [5.41, 5.74) is 1.75. The highest BCUT2D eigenvalue weighted by Crippen LogP contribution is 2.06. The third-order valence-corrected chi connectivity index (χ3v) is 2.23. The van der Waals surface area contributed by atoms with Gasteiger partial charge in [0.15, 0.2) is 0 Å². The zero-order chi connectivity index (χ0) is 12.7. The van der Waals surface area contributed by atoms with Crippen molar-refractivity contribution in [2.24, 2.45) is 0 Å². The first-order valence-electron chi connectivity index (χ1n) is 5.34. The third-order valence-electron chi connectivity index (χ3n) is 2.23. The number of amides is 1. The molecule has 0 radical (unpaired) electrons. The smallest absolute Gasteiger partial charge is 0.255 e. The largest absolute Gasteiger partial charge is 0.326 e. The fourth-order valence-electron chi connectivity index (χ4n) is 1.34. The fraction of sp³-hybridized carbons (Fsp3) is 0.143. The lowest BCUT2D eigenvalue weighted by molar-refractivity contribution is 0.0965.